The molecule has 2 aromatic rings. The summed E-state index contributed by atoms with van der Waals surface area (Å²) in [6, 6.07) is 6.87. The lowest BCUT2D eigenvalue weighted by atomic mass is 10.0. The van der Waals surface area contributed by atoms with Crippen molar-refractivity contribution >= 4 is 34.0 Å². The van der Waals surface area contributed by atoms with Gasteiger partial charge in [-0.05, 0) is 60.0 Å². The summed E-state index contributed by atoms with van der Waals surface area (Å²) in [5.41, 5.74) is -0.0954. The van der Waals surface area contributed by atoms with Gasteiger partial charge in [0.25, 0.3) is 0 Å². The van der Waals surface area contributed by atoms with E-state index in [1.54, 1.807) is 11.0 Å². The first kappa shape index (κ1) is 18.4. The monoisotopic (exact) mass is 463 g/mol. The molecule has 0 radical (unpaired) electrons. The minimum Gasteiger partial charge on any atom is -0.374 e. The van der Waals surface area contributed by atoms with E-state index in [0.717, 1.165) is 6.07 Å². The van der Waals surface area contributed by atoms with Crippen molar-refractivity contribution in [1.82, 2.24) is 10.2 Å². The maximum atomic E-state index is 14.3. The zero-order valence-electron chi connectivity index (χ0n) is 13.4. The third-order valence-electron chi connectivity index (χ3n) is 4.26. The zero-order valence-corrected chi connectivity index (χ0v) is 15.5. The molecular formula is C17H17F3IN3O. The van der Waals surface area contributed by atoms with Gasteiger partial charge in [0.15, 0.2) is 11.6 Å². The Labute approximate surface area is 157 Å². The summed E-state index contributed by atoms with van der Waals surface area (Å²) in [6.45, 7) is 1.15. The van der Waals surface area contributed by atoms with Crippen LogP contribution >= 0.6 is 22.6 Å². The molecule has 0 bridgehead atoms. The van der Waals surface area contributed by atoms with Gasteiger partial charge in [0.1, 0.15) is 12.0 Å². The number of aliphatic hydroxyl groups is 1. The van der Waals surface area contributed by atoms with E-state index in [2.05, 4.69) is 10.6 Å². The first-order valence-electron chi connectivity index (χ1n) is 7.70. The van der Waals surface area contributed by atoms with Gasteiger partial charge in [-0.2, -0.15) is 0 Å². The molecule has 2 aromatic carbocycles. The van der Waals surface area contributed by atoms with Crippen molar-refractivity contribution in [3.8, 4) is 0 Å². The van der Waals surface area contributed by atoms with Gasteiger partial charge in [-0.3, -0.25) is 4.90 Å². The number of likely N-dealkylation sites (N-methyl/N-ethyl adjacent to an activating group) is 1. The number of hydrogen-bond acceptors (Lipinski definition) is 4. The van der Waals surface area contributed by atoms with Crippen molar-refractivity contribution in [2.24, 2.45) is 0 Å². The van der Waals surface area contributed by atoms with Crippen molar-refractivity contribution in [3.05, 3.63) is 56.9 Å². The number of nitrogens with one attached hydrogen (secondary N) is 2. The third kappa shape index (κ3) is 3.76. The van der Waals surface area contributed by atoms with E-state index in [1.807, 2.05) is 29.6 Å². The van der Waals surface area contributed by atoms with Crippen LogP contribution in [0.25, 0.3) is 0 Å². The third-order valence-corrected chi connectivity index (χ3v) is 4.93. The maximum absolute atomic E-state index is 14.3. The summed E-state index contributed by atoms with van der Waals surface area (Å²) in [6.07, 6.45) is -1.12. The summed E-state index contributed by atoms with van der Waals surface area (Å²) < 4.78 is 42.8. The molecule has 1 saturated heterocycles. The highest BCUT2D eigenvalue weighted by Crippen LogP contribution is 2.34. The first-order chi connectivity index (χ1) is 11.9. The first-order valence-corrected chi connectivity index (χ1v) is 8.78. The Bertz CT molecular complexity index is 784. The fraction of sp³-hybridized carbons (Fsp3) is 0.294. The number of likely N-dealkylation sites (tertiary alicyclic amines) is 1. The lowest BCUT2D eigenvalue weighted by molar-refractivity contribution is -0.0521. The number of hydrogen-bond donors (Lipinski definition) is 3. The highest BCUT2D eigenvalue weighted by atomic mass is 127. The number of rotatable bonds is 5. The molecule has 0 aliphatic carbocycles. The second-order valence-corrected chi connectivity index (χ2v) is 7.13. The van der Waals surface area contributed by atoms with Crippen LogP contribution in [-0.2, 0) is 0 Å². The molecule has 8 heteroatoms. The van der Waals surface area contributed by atoms with E-state index in [0.29, 0.717) is 16.7 Å². The van der Waals surface area contributed by atoms with Gasteiger partial charge in [0.2, 0.25) is 0 Å². The van der Waals surface area contributed by atoms with Crippen molar-refractivity contribution in [3.63, 3.8) is 0 Å². The van der Waals surface area contributed by atoms with Crippen LogP contribution in [0.1, 0.15) is 11.8 Å². The lowest BCUT2D eigenvalue weighted by Gasteiger charge is -2.42. The number of anilines is 2. The molecule has 4 nitrogen and oxygen atoms in total. The van der Waals surface area contributed by atoms with Gasteiger partial charge in [-0.25, -0.2) is 13.2 Å². The number of nitrogens with zero attached hydrogens (tertiary/aromatic N) is 1. The Kier molecular flexibility index (Phi) is 5.52. The fourth-order valence-electron chi connectivity index (χ4n) is 2.72. The number of halogens is 4. The predicted octanol–water partition coefficient (Wildman–Crippen LogP) is 3.35. The molecule has 1 aliphatic rings. The highest BCUT2D eigenvalue weighted by Gasteiger charge is 2.33. The second kappa shape index (κ2) is 7.48. The van der Waals surface area contributed by atoms with E-state index < -0.39 is 23.7 Å². The molecule has 25 heavy (non-hydrogen) atoms. The molecule has 1 aliphatic heterocycles. The minimum absolute atomic E-state index is 0.00933. The zero-order chi connectivity index (χ0) is 18.1. The van der Waals surface area contributed by atoms with Crippen LogP contribution in [0.2, 0.25) is 0 Å². The van der Waals surface area contributed by atoms with Gasteiger partial charge in [-0.15, -0.1) is 0 Å². The van der Waals surface area contributed by atoms with Crippen molar-refractivity contribution < 1.29 is 18.3 Å². The summed E-state index contributed by atoms with van der Waals surface area (Å²) in [5.74, 6) is -2.81. The number of benzene rings is 2. The van der Waals surface area contributed by atoms with Gasteiger partial charge in [0, 0.05) is 28.3 Å². The van der Waals surface area contributed by atoms with Crippen LogP contribution in [0.15, 0.2) is 30.3 Å². The normalized spacial score (nSPS) is 16.6. The largest absolute Gasteiger partial charge is 0.374 e. The Hall–Kier alpha value is -1.36. The molecule has 1 unspecified atom stereocenters. The van der Waals surface area contributed by atoms with Crippen molar-refractivity contribution in [2.45, 2.75) is 12.3 Å². The summed E-state index contributed by atoms with van der Waals surface area (Å²) >= 11 is 1.95. The van der Waals surface area contributed by atoms with Crippen LogP contribution in [-0.4, -0.2) is 36.2 Å². The molecule has 1 atom stereocenters. The molecular weight excluding hydrogens is 446 g/mol. The molecule has 1 heterocycles. The topological polar surface area (TPSA) is 47.5 Å². The molecule has 3 N–H and O–H groups in total. The SMILES string of the molecule is CNC1CN(C(O)c2ccc(F)c(F)c2Nc2ccc(I)cc2F)C1. The van der Waals surface area contributed by atoms with E-state index in [9.17, 15) is 18.3 Å². The van der Waals surface area contributed by atoms with Crippen LogP contribution in [0.3, 0.4) is 0 Å². The Morgan fingerprint density at radius 3 is 2.52 bits per heavy atom. The second-order valence-electron chi connectivity index (χ2n) is 5.89. The van der Waals surface area contributed by atoms with Gasteiger partial charge in [-0.1, -0.05) is 0 Å². The average molecular weight is 463 g/mol. The molecule has 0 saturated carbocycles. The summed E-state index contributed by atoms with van der Waals surface area (Å²) in [7, 11) is 1.82. The van der Waals surface area contributed by atoms with Gasteiger partial charge >= 0.3 is 0 Å². The molecule has 0 aromatic heterocycles. The maximum Gasteiger partial charge on any atom is 0.182 e. The van der Waals surface area contributed by atoms with E-state index in [4.69, 9.17) is 0 Å². The van der Waals surface area contributed by atoms with Crippen molar-refractivity contribution in [1.29, 1.82) is 0 Å². The molecule has 1 fully saturated rings. The van der Waals surface area contributed by atoms with Crippen LogP contribution < -0.4 is 10.6 Å². The fourth-order valence-corrected chi connectivity index (χ4v) is 3.18. The van der Waals surface area contributed by atoms with E-state index in [1.165, 1.54) is 18.2 Å². The van der Waals surface area contributed by atoms with Crippen molar-refractivity contribution in [2.75, 3.05) is 25.5 Å². The van der Waals surface area contributed by atoms with Crippen LogP contribution in [0, 0.1) is 21.0 Å². The van der Waals surface area contributed by atoms with Gasteiger partial charge in [0.05, 0.1) is 11.4 Å². The number of aliphatic hydroxyl groups excluding tert-OH is 1. The van der Waals surface area contributed by atoms with Crippen LogP contribution in [0.4, 0.5) is 24.5 Å². The molecule has 3 rings (SSSR count). The quantitative estimate of drug-likeness (QED) is 0.596. The van der Waals surface area contributed by atoms with Gasteiger partial charge < -0.3 is 15.7 Å². The summed E-state index contributed by atoms with van der Waals surface area (Å²) in [5, 5.41) is 16.2. The Morgan fingerprint density at radius 2 is 1.88 bits per heavy atom. The van der Waals surface area contributed by atoms with E-state index >= 15 is 0 Å². The summed E-state index contributed by atoms with van der Waals surface area (Å²) in [4.78, 5) is 1.71. The highest BCUT2D eigenvalue weighted by molar-refractivity contribution is 14.1. The van der Waals surface area contributed by atoms with E-state index in [-0.39, 0.29) is 23.0 Å². The smallest absolute Gasteiger partial charge is 0.182 e. The minimum atomic E-state index is -1.15. The molecule has 0 spiro atoms. The molecule has 134 valence electrons. The Balaban J connectivity index is 1.93. The molecule has 0 amide bonds. The van der Waals surface area contributed by atoms with Crippen LogP contribution in [0.5, 0.6) is 0 Å². The average Bonchev–Trinajstić information content (AvgIpc) is 2.53. The Morgan fingerprint density at radius 1 is 1.16 bits per heavy atom. The standard InChI is InChI=1S/C17H17F3IN3O/c1-22-10-7-24(8-10)17(25)11-3-4-12(18)15(20)16(11)23-14-5-2-9(21)6-13(14)19/h2-6,10,17,22-23,25H,7-8H2,1H3. The lowest BCUT2D eigenvalue weighted by Crippen LogP contribution is -2.57. The predicted molar refractivity (Wildman–Crippen MR) is 98.1 cm³/mol.